The van der Waals surface area contributed by atoms with Crippen molar-refractivity contribution in [2.75, 3.05) is 13.1 Å². The van der Waals surface area contributed by atoms with E-state index >= 15 is 0 Å². The standard InChI is InChI=1S/C14H21BrN2O.ClH/c1-4-10-17(5-2)13(18)14(3,16)11-6-8-12(15)9-7-11;/h6-9H,4-5,10,16H2,1-3H3;1H. The molecule has 108 valence electrons. The fourth-order valence-electron chi connectivity index (χ4n) is 1.92. The first-order chi connectivity index (χ1) is 8.43. The molecular weight excluding hydrogens is 328 g/mol. The molecule has 2 N–H and O–H groups in total. The van der Waals surface area contributed by atoms with Gasteiger partial charge in [-0.25, -0.2) is 0 Å². The van der Waals surface area contributed by atoms with Crippen molar-refractivity contribution in [1.82, 2.24) is 4.90 Å². The first-order valence-corrected chi connectivity index (χ1v) is 7.07. The number of rotatable bonds is 5. The van der Waals surface area contributed by atoms with Crippen molar-refractivity contribution in [2.24, 2.45) is 5.73 Å². The predicted molar refractivity (Wildman–Crippen MR) is 85.5 cm³/mol. The summed E-state index contributed by atoms with van der Waals surface area (Å²) in [5.41, 5.74) is 6.10. The van der Waals surface area contributed by atoms with E-state index in [1.165, 1.54) is 0 Å². The second kappa shape index (κ2) is 7.88. The number of amides is 1. The lowest BCUT2D eigenvalue weighted by Gasteiger charge is -2.31. The van der Waals surface area contributed by atoms with Crippen LogP contribution >= 0.6 is 28.3 Å². The SMILES string of the molecule is CCCN(CC)C(=O)C(C)(N)c1ccc(Br)cc1.Cl. The Bertz CT molecular complexity index is 406. The molecule has 0 saturated heterocycles. The van der Waals surface area contributed by atoms with E-state index in [1.54, 1.807) is 6.92 Å². The van der Waals surface area contributed by atoms with Gasteiger partial charge in [0.05, 0.1) is 0 Å². The monoisotopic (exact) mass is 348 g/mol. The molecule has 1 aromatic rings. The number of hydrogen-bond acceptors (Lipinski definition) is 2. The molecular formula is C14H22BrClN2O. The van der Waals surface area contributed by atoms with Crippen molar-refractivity contribution in [3.63, 3.8) is 0 Å². The highest BCUT2D eigenvalue weighted by Gasteiger charge is 2.33. The summed E-state index contributed by atoms with van der Waals surface area (Å²) >= 11 is 3.38. The molecule has 0 saturated carbocycles. The van der Waals surface area contributed by atoms with Crippen LogP contribution in [-0.2, 0) is 10.3 Å². The second-order valence-electron chi connectivity index (χ2n) is 4.59. The maximum Gasteiger partial charge on any atom is 0.246 e. The summed E-state index contributed by atoms with van der Waals surface area (Å²) in [6.45, 7) is 7.25. The van der Waals surface area contributed by atoms with Crippen LogP contribution in [0.4, 0.5) is 0 Å². The minimum absolute atomic E-state index is 0. The molecule has 19 heavy (non-hydrogen) atoms. The Morgan fingerprint density at radius 1 is 1.32 bits per heavy atom. The Balaban J connectivity index is 0.00000324. The third-order valence-electron chi connectivity index (χ3n) is 3.05. The van der Waals surface area contributed by atoms with Gasteiger partial charge in [0.1, 0.15) is 5.54 Å². The van der Waals surface area contributed by atoms with Gasteiger partial charge in [0.15, 0.2) is 0 Å². The first kappa shape index (κ1) is 18.4. The fraction of sp³-hybridized carbons (Fsp3) is 0.500. The van der Waals surface area contributed by atoms with Crippen LogP contribution in [0.3, 0.4) is 0 Å². The number of hydrogen-bond donors (Lipinski definition) is 1. The Labute approximate surface area is 130 Å². The molecule has 5 heteroatoms. The molecule has 0 aliphatic rings. The topological polar surface area (TPSA) is 46.3 Å². The zero-order valence-corrected chi connectivity index (χ0v) is 14.1. The quantitative estimate of drug-likeness (QED) is 0.886. The number of carbonyl (C=O) groups excluding carboxylic acids is 1. The molecule has 1 aromatic carbocycles. The van der Waals surface area contributed by atoms with E-state index in [0.29, 0.717) is 6.54 Å². The molecule has 1 amide bonds. The van der Waals surface area contributed by atoms with Gasteiger partial charge in [-0.3, -0.25) is 4.79 Å². The maximum atomic E-state index is 12.5. The smallest absolute Gasteiger partial charge is 0.246 e. The van der Waals surface area contributed by atoms with Gasteiger partial charge in [-0.1, -0.05) is 35.0 Å². The third-order valence-corrected chi connectivity index (χ3v) is 3.58. The summed E-state index contributed by atoms with van der Waals surface area (Å²) in [5, 5.41) is 0. The Morgan fingerprint density at radius 3 is 2.26 bits per heavy atom. The number of benzene rings is 1. The highest BCUT2D eigenvalue weighted by atomic mass is 79.9. The normalized spacial score (nSPS) is 13.3. The molecule has 1 unspecified atom stereocenters. The summed E-state index contributed by atoms with van der Waals surface area (Å²) in [6.07, 6.45) is 0.940. The highest BCUT2D eigenvalue weighted by molar-refractivity contribution is 9.10. The Kier molecular flexibility index (Phi) is 7.64. The number of nitrogens with zero attached hydrogens (tertiary/aromatic N) is 1. The molecule has 0 fully saturated rings. The number of likely N-dealkylation sites (N-methyl/N-ethyl adjacent to an activating group) is 1. The second-order valence-corrected chi connectivity index (χ2v) is 5.51. The zero-order valence-electron chi connectivity index (χ0n) is 11.6. The van der Waals surface area contributed by atoms with Gasteiger partial charge in [-0.2, -0.15) is 0 Å². The van der Waals surface area contributed by atoms with Crippen LogP contribution in [0.15, 0.2) is 28.7 Å². The van der Waals surface area contributed by atoms with Gasteiger partial charge in [0, 0.05) is 17.6 Å². The van der Waals surface area contributed by atoms with Crippen LogP contribution in [0.1, 0.15) is 32.8 Å². The van der Waals surface area contributed by atoms with Gasteiger partial charge in [-0.15, -0.1) is 12.4 Å². The van der Waals surface area contributed by atoms with Crippen LogP contribution in [0.5, 0.6) is 0 Å². The summed E-state index contributed by atoms with van der Waals surface area (Å²) in [6, 6.07) is 7.59. The van der Waals surface area contributed by atoms with Crippen molar-refractivity contribution >= 4 is 34.2 Å². The minimum Gasteiger partial charge on any atom is -0.341 e. The number of carbonyl (C=O) groups is 1. The number of halogens is 2. The van der Waals surface area contributed by atoms with Crippen LogP contribution < -0.4 is 5.73 Å². The third kappa shape index (κ3) is 4.48. The Morgan fingerprint density at radius 2 is 1.84 bits per heavy atom. The maximum absolute atomic E-state index is 12.5. The predicted octanol–water partition coefficient (Wildman–Crippen LogP) is 3.30. The van der Waals surface area contributed by atoms with E-state index in [9.17, 15) is 4.79 Å². The molecule has 0 heterocycles. The van der Waals surface area contributed by atoms with Crippen LogP contribution in [0, 0.1) is 0 Å². The lowest BCUT2D eigenvalue weighted by Crippen LogP contribution is -2.51. The van der Waals surface area contributed by atoms with Crippen molar-refractivity contribution in [2.45, 2.75) is 32.7 Å². The summed E-state index contributed by atoms with van der Waals surface area (Å²) in [4.78, 5) is 14.3. The molecule has 0 aromatic heterocycles. The van der Waals surface area contributed by atoms with Gasteiger partial charge in [0.25, 0.3) is 0 Å². The Hall–Kier alpha value is -0.580. The van der Waals surface area contributed by atoms with Gasteiger partial charge in [-0.05, 0) is 38.0 Å². The lowest BCUT2D eigenvalue weighted by molar-refractivity contribution is -0.136. The van der Waals surface area contributed by atoms with Crippen molar-refractivity contribution < 1.29 is 4.79 Å². The molecule has 3 nitrogen and oxygen atoms in total. The summed E-state index contributed by atoms with van der Waals surface area (Å²) in [5.74, 6) is -0.0193. The van der Waals surface area contributed by atoms with Crippen molar-refractivity contribution in [3.05, 3.63) is 34.3 Å². The van der Waals surface area contributed by atoms with E-state index in [4.69, 9.17) is 5.73 Å². The summed E-state index contributed by atoms with van der Waals surface area (Å²) in [7, 11) is 0. The van der Waals surface area contributed by atoms with Gasteiger partial charge >= 0.3 is 0 Å². The zero-order chi connectivity index (χ0) is 13.8. The van der Waals surface area contributed by atoms with Gasteiger partial charge in [0.2, 0.25) is 5.91 Å². The molecule has 0 aliphatic carbocycles. The van der Waals surface area contributed by atoms with Crippen LogP contribution in [-0.4, -0.2) is 23.9 Å². The fourth-order valence-corrected chi connectivity index (χ4v) is 2.19. The molecule has 0 bridgehead atoms. The molecule has 1 rings (SSSR count). The van der Waals surface area contributed by atoms with E-state index in [1.807, 2.05) is 36.1 Å². The largest absolute Gasteiger partial charge is 0.341 e. The number of nitrogens with two attached hydrogens (primary N) is 1. The van der Waals surface area contributed by atoms with E-state index in [2.05, 4.69) is 22.9 Å². The minimum atomic E-state index is -0.966. The molecule has 1 atom stereocenters. The van der Waals surface area contributed by atoms with Crippen LogP contribution in [0.25, 0.3) is 0 Å². The average molecular weight is 350 g/mol. The van der Waals surface area contributed by atoms with E-state index < -0.39 is 5.54 Å². The van der Waals surface area contributed by atoms with Crippen molar-refractivity contribution in [1.29, 1.82) is 0 Å². The molecule has 0 aliphatic heterocycles. The summed E-state index contributed by atoms with van der Waals surface area (Å²) < 4.78 is 0.982. The lowest BCUT2D eigenvalue weighted by atomic mass is 9.91. The molecule has 0 radical (unpaired) electrons. The highest BCUT2D eigenvalue weighted by Crippen LogP contribution is 2.22. The van der Waals surface area contributed by atoms with Crippen LogP contribution in [0.2, 0.25) is 0 Å². The first-order valence-electron chi connectivity index (χ1n) is 6.27. The van der Waals surface area contributed by atoms with Crippen molar-refractivity contribution in [3.8, 4) is 0 Å². The average Bonchev–Trinajstić information content (AvgIpc) is 2.35. The van der Waals surface area contributed by atoms with E-state index in [-0.39, 0.29) is 18.3 Å². The van der Waals surface area contributed by atoms with E-state index in [0.717, 1.165) is 23.0 Å². The van der Waals surface area contributed by atoms with Gasteiger partial charge < -0.3 is 10.6 Å². The molecule has 0 spiro atoms.